The Morgan fingerprint density at radius 3 is 2.44 bits per heavy atom. The molecule has 1 aromatic carbocycles. The Hall–Kier alpha value is -3.99. The van der Waals surface area contributed by atoms with Crippen LogP contribution in [0.1, 0.15) is 109 Å². The van der Waals surface area contributed by atoms with Crippen molar-refractivity contribution in [2.24, 2.45) is 11.8 Å². The second kappa shape index (κ2) is 14.5. The summed E-state index contributed by atoms with van der Waals surface area (Å²) in [7, 11) is 0. The molecule has 3 fully saturated rings. The normalized spacial score (nSPS) is 30.0. The third-order valence-electron chi connectivity index (χ3n) is 12.4. The van der Waals surface area contributed by atoms with E-state index in [0.717, 1.165) is 31.6 Å². The molecular formula is C45H57NO9. The van der Waals surface area contributed by atoms with E-state index >= 15 is 0 Å². The fraction of sp³-hybridized carbons (Fsp3) is 0.578. The number of esters is 1. The maximum atomic E-state index is 15.0. The van der Waals surface area contributed by atoms with Crippen LogP contribution in [-0.4, -0.2) is 89.4 Å². The molecular weight excluding hydrogens is 698 g/mol. The van der Waals surface area contributed by atoms with E-state index in [9.17, 15) is 19.5 Å². The number of carbonyl (C=O) groups excluding carboxylic acids is 3. The van der Waals surface area contributed by atoms with E-state index in [1.807, 2.05) is 46.8 Å². The molecule has 2 saturated heterocycles. The number of fused-ring (bicyclic) bond motifs is 2. The second-order valence-electron chi connectivity index (χ2n) is 17.4. The maximum Gasteiger partial charge on any atom is 0.333 e. The standard InChI is InChI=1S/C45H57NO9/c1-27(2)11-9-16-43(8)17-15-31-36(47)35-37(48)33-25-30-26-34-42(6,7)55-44(40(30)49,45(33,34)54-39(35)32(38(31)53-43)13-12-28(3)4)18-14-29(5)41(50)52-22-10-19-46-20-23-51-24-21-46/h11-12,14-15,17,25,30,34,47H,9-10,13,16,18-24,26H2,1-8H3/b29-14-/t30-,34+,43-,44+,45-/m1/s1. The lowest BCUT2D eigenvalue weighted by Gasteiger charge is -2.56. The number of allylic oxidation sites excluding steroid dienone is 5. The van der Waals surface area contributed by atoms with Crippen LogP contribution in [0.5, 0.6) is 17.2 Å². The SMILES string of the molecule is CC(C)=CCC[C@]1(C)C=Cc2c(O)c3c(c(CC=C(C)C)c2O1)O[C@]12C(=C[C@@H]4C[C@H]1C(C)(C)O[C@@]2(C/C=C(/C)C(=O)OCCCN1CCOCC1)C4=O)C3=O. The number of ketones is 2. The lowest BCUT2D eigenvalue weighted by molar-refractivity contribution is -0.171. The van der Waals surface area contributed by atoms with Gasteiger partial charge in [-0.05, 0) is 99.6 Å². The van der Waals surface area contributed by atoms with Crippen molar-refractivity contribution in [2.45, 2.75) is 116 Å². The number of rotatable bonds is 12. The number of nitrogens with zero attached hydrogens (tertiary/aromatic N) is 1. The third kappa shape index (κ3) is 6.61. The van der Waals surface area contributed by atoms with E-state index in [0.29, 0.717) is 66.9 Å². The van der Waals surface area contributed by atoms with Gasteiger partial charge in [0.15, 0.2) is 22.8 Å². The van der Waals surface area contributed by atoms with Crippen molar-refractivity contribution >= 4 is 23.6 Å². The number of phenols is 1. The molecule has 10 nitrogen and oxygen atoms in total. The van der Waals surface area contributed by atoms with Crippen LogP contribution in [0.15, 0.2) is 52.7 Å². The molecule has 7 aliphatic rings. The van der Waals surface area contributed by atoms with Crippen LogP contribution in [0.25, 0.3) is 6.08 Å². The molecule has 4 bridgehead atoms. The number of phenolic OH excluding ortho intramolecular Hbond substituents is 1. The van der Waals surface area contributed by atoms with Crippen LogP contribution in [0.2, 0.25) is 0 Å². The van der Waals surface area contributed by atoms with E-state index in [4.69, 9.17) is 23.7 Å². The number of aromatic hydroxyl groups is 1. The quantitative estimate of drug-likeness (QED) is 0.0999. The summed E-state index contributed by atoms with van der Waals surface area (Å²) < 4.78 is 32.1. The fourth-order valence-corrected chi connectivity index (χ4v) is 9.56. The van der Waals surface area contributed by atoms with Gasteiger partial charge in [0, 0.05) is 54.6 Å². The molecule has 0 aromatic heterocycles. The van der Waals surface area contributed by atoms with Crippen molar-refractivity contribution in [3.8, 4) is 17.2 Å². The Bertz CT molecular complexity index is 1940. The van der Waals surface area contributed by atoms with E-state index in [1.54, 1.807) is 19.1 Å². The fourth-order valence-electron chi connectivity index (χ4n) is 9.56. The summed E-state index contributed by atoms with van der Waals surface area (Å²) in [6.07, 6.45) is 14.6. The first-order valence-electron chi connectivity index (χ1n) is 19.9. The van der Waals surface area contributed by atoms with Gasteiger partial charge in [0.1, 0.15) is 28.4 Å². The molecule has 0 unspecified atom stereocenters. The highest BCUT2D eigenvalue weighted by Crippen LogP contribution is 2.68. The molecule has 55 heavy (non-hydrogen) atoms. The Morgan fingerprint density at radius 1 is 1.00 bits per heavy atom. The first kappa shape index (κ1) is 39.3. The number of hydrogen-bond donors (Lipinski definition) is 1. The predicted octanol–water partition coefficient (Wildman–Crippen LogP) is 7.42. The number of Topliss-reactive ketones (excluding diaryl/α,β-unsaturated/α-hetero) is 2. The van der Waals surface area contributed by atoms with Crippen LogP contribution in [0.3, 0.4) is 0 Å². The molecule has 10 heteroatoms. The van der Waals surface area contributed by atoms with Crippen molar-refractivity contribution in [3.05, 3.63) is 69.4 Å². The zero-order valence-corrected chi connectivity index (χ0v) is 33.8. The Labute approximate surface area is 325 Å². The van der Waals surface area contributed by atoms with Crippen LogP contribution in [0.4, 0.5) is 0 Å². The second-order valence-corrected chi connectivity index (χ2v) is 17.4. The minimum Gasteiger partial charge on any atom is -0.506 e. The molecule has 1 aromatic rings. The zero-order chi connectivity index (χ0) is 39.5. The summed E-state index contributed by atoms with van der Waals surface area (Å²) in [5.41, 5.74) is -0.491. The summed E-state index contributed by atoms with van der Waals surface area (Å²) in [5, 5.41) is 11.9. The van der Waals surface area contributed by atoms with Crippen LogP contribution < -0.4 is 9.47 Å². The van der Waals surface area contributed by atoms with E-state index < -0.39 is 34.3 Å². The first-order chi connectivity index (χ1) is 26.0. The van der Waals surface area contributed by atoms with Crippen molar-refractivity contribution in [1.82, 2.24) is 4.90 Å². The van der Waals surface area contributed by atoms with Gasteiger partial charge in [-0.1, -0.05) is 35.5 Å². The van der Waals surface area contributed by atoms with E-state index in [-0.39, 0.29) is 47.6 Å². The molecule has 8 rings (SSSR count). The highest BCUT2D eigenvalue weighted by molar-refractivity contribution is 6.19. The largest absolute Gasteiger partial charge is 0.506 e. The van der Waals surface area contributed by atoms with Gasteiger partial charge >= 0.3 is 5.97 Å². The van der Waals surface area contributed by atoms with Gasteiger partial charge in [0.05, 0.1) is 31.0 Å². The Balaban J connectivity index is 1.27. The molecule has 296 valence electrons. The molecule has 1 spiro atoms. The molecule has 4 aliphatic heterocycles. The molecule has 1 N–H and O–H groups in total. The lowest BCUT2D eigenvalue weighted by atomic mass is 9.51. The third-order valence-corrected chi connectivity index (χ3v) is 12.4. The minimum atomic E-state index is -1.60. The first-order valence-corrected chi connectivity index (χ1v) is 19.9. The van der Waals surface area contributed by atoms with Gasteiger partial charge in [-0.15, -0.1) is 0 Å². The van der Waals surface area contributed by atoms with E-state index in [1.165, 1.54) is 5.57 Å². The monoisotopic (exact) mass is 755 g/mol. The van der Waals surface area contributed by atoms with Crippen molar-refractivity contribution in [1.29, 1.82) is 0 Å². The lowest BCUT2D eigenvalue weighted by Crippen LogP contribution is -2.72. The van der Waals surface area contributed by atoms with Crippen molar-refractivity contribution in [3.63, 3.8) is 0 Å². The number of benzene rings is 1. The van der Waals surface area contributed by atoms with Gasteiger partial charge in [-0.3, -0.25) is 14.5 Å². The summed E-state index contributed by atoms with van der Waals surface area (Å²) in [4.78, 5) is 45.2. The summed E-state index contributed by atoms with van der Waals surface area (Å²) in [6, 6.07) is 0. The number of ether oxygens (including phenoxy) is 5. The molecule has 3 aliphatic carbocycles. The topological polar surface area (TPSA) is 121 Å². The summed E-state index contributed by atoms with van der Waals surface area (Å²) in [6.45, 7) is 20.0. The summed E-state index contributed by atoms with van der Waals surface area (Å²) >= 11 is 0. The maximum absolute atomic E-state index is 15.0. The molecule has 0 radical (unpaired) electrons. The van der Waals surface area contributed by atoms with Crippen LogP contribution in [-0.2, 0) is 30.2 Å². The van der Waals surface area contributed by atoms with Gasteiger partial charge < -0.3 is 28.8 Å². The van der Waals surface area contributed by atoms with Gasteiger partial charge in [-0.2, -0.15) is 0 Å². The number of morpholine rings is 1. The average Bonchev–Trinajstić information content (AvgIpc) is 3.29. The van der Waals surface area contributed by atoms with Gasteiger partial charge in [0.25, 0.3) is 0 Å². The highest BCUT2D eigenvalue weighted by Gasteiger charge is 2.81. The Kier molecular flexibility index (Phi) is 10.4. The molecule has 4 heterocycles. The zero-order valence-electron chi connectivity index (χ0n) is 33.8. The highest BCUT2D eigenvalue weighted by atomic mass is 16.6. The average molecular weight is 756 g/mol. The smallest absolute Gasteiger partial charge is 0.333 e. The molecule has 1 saturated carbocycles. The van der Waals surface area contributed by atoms with Gasteiger partial charge in [0.2, 0.25) is 0 Å². The molecule has 5 atom stereocenters. The van der Waals surface area contributed by atoms with Gasteiger partial charge in [-0.25, -0.2) is 4.79 Å². The number of carbonyl (C=O) groups is 3. The van der Waals surface area contributed by atoms with Crippen molar-refractivity contribution in [2.75, 3.05) is 39.5 Å². The van der Waals surface area contributed by atoms with Crippen molar-refractivity contribution < 1.29 is 43.2 Å². The van der Waals surface area contributed by atoms with Crippen LogP contribution in [0, 0.1) is 11.8 Å². The molecule has 0 amide bonds. The summed E-state index contributed by atoms with van der Waals surface area (Å²) in [5.74, 6) is -1.46. The predicted molar refractivity (Wildman–Crippen MR) is 209 cm³/mol. The number of hydrogen-bond acceptors (Lipinski definition) is 10. The Morgan fingerprint density at radius 2 is 1.73 bits per heavy atom. The minimum absolute atomic E-state index is 0.0127. The van der Waals surface area contributed by atoms with E-state index in [2.05, 4.69) is 30.9 Å². The van der Waals surface area contributed by atoms with Crippen LogP contribution >= 0.6 is 0 Å².